The van der Waals surface area contributed by atoms with Crippen LogP contribution in [0.3, 0.4) is 0 Å². The highest BCUT2D eigenvalue weighted by Gasteiger charge is 2.43. The number of rotatable bonds is 13. The largest absolute Gasteiger partial charge is 0.502 e. The zero-order chi connectivity index (χ0) is 64.9. The Bertz CT molecular complexity index is 3580. The van der Waals surface area contributed by atoms with Gasteiger partial charge in [0.1, 0.15) is 70.2 Å². The fourth-order valence-corrected chi connectivity index (χ4v) is 12.1. The smallest absolute Gasteiger partial charge is 0.250 e. The summed E-state index contributed by atoms with van der Waals surface area (Å²) in [5.74, 6) is -7.22. The molecule has 4 heterocycles. The van der Waals surface area contributed by atoms with Crippen LogP contribution in [0.25, 0.3) is 5.57 Å². The number of amidine groups is 1. The molecule has 6 aliphatic rings. The van der Waals surface area contributed by atoms with Gasteiger partial charge in [0.2, 0.25) is 35.3 Å². The molecule has 10 atom stereocenters. The number of likely N-dealkylation sites (N-methyl/N-ethyl adjacent to an activating group) is 1. The Morgan fingerprint density at radius 2 is 1.60 bits per heavy atom. The van der Waals surface area contributed by atoms with Crippen molar-refractivity contribution in [3.05, 3.63) is 158 Å². The van der Waals surface area contributed by atoms with Crippen LogP contribution in [0.15, 0.2) is 130 Å². The first-order chi connectivity index (χ1) is 42.3. The van der Waals surface area contributed by atoms with E-state index in [0.717, 1.165) is 0 Å². The van der Waals surface area contributed by atoms with Crippen LogP contribution in [0.5, 0.6) is 23.0 Å². The molecule has 0 saturated carbocycles. The number of nitrogens with two attached hydrogens (primary N) is 2. The van der Waals surface area contributed by atoms with Gasteiger partial charge in [-0.1, -0.05) is 99.5 Å². The number of phenolic OH excluding ortho intramolecular Hbond substituents is 1. The molecule has 89 heavy (non-hydrogen) atoms. The van der Waals surface area contributed by atoms with Crippen molar-refractivity contribution in [2.45, 2.75) is 108 Å². The fraction of sp³-hybridized carbons (Fsp3) is 0.381. The van der Waals surface area contributed by atoms with Crippen molar-refractivity contribution in [1.82, 2.24) is 31.9 Å². The number of ether oxygens (including phenoxy) is 4. The minimum absolute atomic E-state index is 0.0186. The molecule has 0 saturated heterocycles. The number of amides is 5. The molecule has 3 aromatic carbocycles. The average Bonchev–Trinajstić information content (AvgIpc) is 1.77. The summed E-state index contributed by atoms with van der Waals surface area (Å²) in [5, 5.41) is 76.4. The normalized spacial score (nSPS) is 24.9. The average molecular weight is 1280 g/mol. The van der Waals surface area contributed by atoms with Gasteiger partial charge in [-0.25, -0.2) is 0 Å². The highest BCUT2D eigenvalue weighted by atomic mass is 35.5. The number of methoxy groups -OCH3 is 2. The van der Waals surface area contributed by atoms with Gasteiger partial charge < -0.3 is 87.8 Å². The van der Waals surface area contributed by atoms with Crippen LogP contribution in [0, 0.1) is 17.3 Å². The maximum absolute atomic E-state index is 15.6. The van der Waals surface area contributed by atoms with Crippen molar-refractivity contribution < 1.29 is 68.5 Å². The second kappa shape index (κ2) is 28.2. The van der Waals surface area contributed by atoms with E-state index in [1.165, 1.54) is 68.8 Å². The van der Waals surface area contributed by atoms with Crippen molar-refractivity contribution in [3.8, 4) is 23.0 Å². The van der Waals surface area contributed by atoms with Crippen LogP contribution in [-0.2, 0) is 40.1 Å². The summed E-state index contributed by atoms with van der Waals surface area (Å²) in [4.78, 5) is 77.7. The van der Waals surface area contributed by atoms with Crippen LogP contribution >= 0.6 is 35.4 Å². The number of phenols is 1. The molecule has 23 nitrogen and oxygen atoms in total. The topological polar surface area (TPSA) is 360 Å². The van der Waals surface area contributed by atoms with Crippen LogP contribution in [0.4, 0.5) is 0 Å². The lowest BCUT2D eigenvalue weighted by Crippen LogP contribution is -2.60. The maximum atomic E-state index is 15.6. The van der Waals surface area contributed by atoms with Crippen molar-refractivity contribution in [1.29, 1.82) is 0 Å². The second-order valence-corrected chi connectivity index (χ2v) is 24.1. The van der Waals surface area contributed by atoms with Gasteiger partial charge in [0.05, 0.1) is 56.0 Å². The molecule has 0 fully saturated rings. The molecule has 5 amide bonds. The second-order valence-electron chi connectivity index (χ2n) is 22.8. The first kappa shape index (κ1) is 66.9. The van der Waals surface area contributed by atoms with Crippen LogP contribution in [0.1, 0.15) is 93.0 Å². The zero-order valence-electron chi connectivity index (χ0n) is 49.9. The van der Waals surface area contributed by atoms with Crippen molar-refractivity contribution in [3.63, 3.8) is 0 Å². The van der Waals surface area contributed by atoms with Crippen LogP contribution in [-0.4, -0.2) is 130 Å². The number of primary amides is 1. The molecule has 15 N–H and O–H groups in total. The summed E-state index contributed by atoms with van der Waals surface area (Å²) in [5.41, 5.74) is 13.3. The van der Waals surface area contributed by atoms with Gasteiger partial charge in [-0.2, -0.15) is 0 Å². The number of carbonyl (C=O) groups excluding carboxylic acids is 5. The minimum Gasteiger partial charge on any atom is -0.502 e. The quantitative estimate of drug-likeness (QED) is 0.0819. The maximum Gasteiger partial charge on any atom is 0.250 e. The van der Waals surface area contributed by atoms with E-state index in [1.54, 1.807) is 51.3 Å². The number of hydrogen-bond donors (Lipinski definition) is 13. The van der Waals surface area contributed by atoms with E-state index >= 15 is 14.4 Å². The number of fused-ring (bicyclic) bond motifs is 10. The number of carbonyl (C=O) groups is 5. The van der Waals surface area contributed by atoms with E-state index in [-0.39, 0.29) is 84.2 Å². The van der Waals surface area contributed by atoms with Crippen molar-refractivity contribution in [2.75, 3.05) is 27.9 Å². The highest BCUT2D eigenvalue weighted by Crippen LogP contribution is 2.50. The van der Waals surface area contributed by atoms with E-state index in [4.69, 9.17) is 70.8 Å². The Morgan fingerprint density at radius 3 is 2.22 bits per heavy atom. The number of halogens is 2. The molecular weight excluding hydrogens is 1210 g/mol. The number of nitrogens with zero attached hydrogens (tertiary/aromatic N) is 1. The van der Waals surface area contributed by atoms with E-state index < -0.39 is 127 Å². The third-order valence-corrected chi connectivity index (χ3v) is 17.1. The van der Waals surface area contributed by atoms with Gasteiger partial charge in [-0.05, 0) is 107 Å². The molecule has 2 aliphatic carbocycles. The SMILES string of the molecule is C=CCC1C=C2C=CC(=C1Cl)Oc1cc3cc(c1O)Oc1ccc(cc1Cl)C(O)C1NC(=O)C(N=C(N)C3NC(=O)C(CC(N)=O)NC(=S)C(NC(=O)C(CC(C)C)NC)C2O)c2ccc(CO)c(c2)C2=C(OC)C=C(OC)C=C(C(CO)NC1=O)C2(C)C. The molecule has 10 unspecified atom stereocenters. The van der Waals surface area contributed by atoms with Gasteiger partial charge >= 0.3 is 0 Å². The minimum atomic E-state index is -1.92. The number of hydrogen-bond acceptors (Lipinski definition) is 18. The van der Waals surface area contributed by atoms with E-state index in [1.807, 2.05) is 13.8 Å². The van der Waals surface area contributed by atoms with E-state index in [0.29, 0.717) is 28.7 Å². The van der Waals surface area contributed by atoms with Gasteiger partial charge in [-0.3, -0.25) is 29.0 Å². The highest BCUT2D eigenvalue weighted by molar-refractivity contribution is 7.80. The predicted molar refractivity (Wildman–Crippen MR) is 337 cm³/mol. The number of aromatic hydroxyl groups is 1. The monoisotopic (exact) mass is 1280 g/mol. The Hall–Kier alpha value is -8.07. The summed E-state index contributed by atoms with van der Waals surface area (Å²) in [6.07, 6.45) is 5.42. The third-order valence-electron chi connectivity index (χ3n) is 16.0. The van der Waals surface area contributed by atoms with E-state index in [9.17, 15) is 35.1 Å². The van der Waals surface area contributed by atoms with Gasteiger partial charge in [-0.15, -0.1) is 6.58 Å². The predicted octanol–water partition coefficient (Wildman–Crippen LogP) is 4.63. The number of allylic oxidation sites excluding steroid dienone is 7. The number of aliphatic imine (C=N–C) groups is 1. The Labute approximate surface area is 529 Å². The molecule has 0 aromatic heterocycles. The lowest BCUT2D eigenvalue weighted by molar-refractivity contribution is -0.133. The first-order valence-corrected chi connectivity index (χ1v) is 29.6. The van der Waals surface area contributed by atoms with Crippen LogP contribution < -0.4 is 52.8 Å². The summed E-state index contributed by atoms with van der Waals surface area (Å²) in [6, 6.07) is 0.250. The molecule has 4 aliphatic heterocycles. The van der Waals surface area contributed by atoms with Crippen LogP contribution in [0.2, 0.25) is 5.02 Å². The summed E-state index contributed by atoms with van der Waals surface area (Å²) in [6.45, 7) is 10.1. The van der Waals surface area contributed by atoms with Crippen molar-refractivity contribution >= 4 is 81.4 Å². The Balaban J connectivity index is 1.44. The number of aliphatic hydroxyl groups is 4. The number of benzene rings is 3. The molecular formula is C63H73Cl2N9O14S. The molecule has 9 rings (SSSR count). The molecule has 474 valence electrons. The molecule has 0 spiro atoms. The van der Waals surface area contributed by atoms with Gasteiger partial charge in [0, 0.05) is 23.0 Å². The Morgan fingerprint density at radius 1 is 0.888 bits per heavy atom. The molecule has 13 bridgehead atoms. The fourth-order valence-electron chi connectivity index (χ4n) is 11.3. The lowest BCUT2D eigenvalue weighted by atomic mass is 9.70. The van der Waals surface area contributed by atoms with Gasteiger partial charge in [0.15, 0.2) is 17.5 Å². The number of thiocarbonyl (C=S) groups is 1. The van der Waals surface area contributed by atoms with Gasteiger partial charge in [0.25, 0.3) is 0 Å². The lowest BCUT2D eigenvalue weighted by Gasteiger charge is -2.37. The molecule has 3 aromatic rings. The Kier molecular flexibility index (Phi) is 21.2. The first-order valence-electron chi connectivity index (χ1n) is 28.5. The standard InChI is InChI=1S/C63H73Cl2N9O14S/c1-9-10-29-18-31-14-16-43(49(29)65)88-46-22-34-21-45(56(46)80)87-42-15-13-32(20-38(42)64)54(78)52-61(84)69-41(27-76)37-23-35(85-7)24-44(86-8)48(63(37,4)5)36-19-30(11-12-33(36)26-75)51(60(83)73-52)71-57(67)50(34)72-59(82)40(25-47(66)77)70-62(89)53(55(31)79)74-58(81)39(68-6)17-28(2)3/h9,11-16,18-24,28-29,39-41,50-55,68,75-76,78-80H,1,10,17,25-27H2,2-8H3,(H2,66,77)(H2,67,71)(H,69,84)(H,70,89)(H,72,82)(H,73,83)(H,74,81). The molecule has 0 radical (unpaired) electrons. The summed E-state index contributed by atoms with van der Waals surface area (Å²) >= 11 is 20.2. The number of aliphatic hydroxyl groups excluding tert-OH is 4. The third kappa shape index (κ3) is 14.3. The number of nitrogens with one attached hydrogen (secondary N) is 6. The van der Waals surface area contributed by atoms with E-state index in [2.05, 4.69) is 38.5 Å². The van der Waals surface area contributed by atoms with Crippen molar-refractivity contribution in [2.24, 2.45) is 33.7 Å². The molecule has 26 heteroatoms. The summed E-state index contributed by atoms with van der Waals surface area (Å²) < 4.78 is 24.7. The summed E-state index contributed by atoms with van der Waals surface area (Å²) in [7, 11) is 4.43. The zero-order valence-corrected chi connectivity index (χ0v) is 52.2.